The Hall–Kier alpha value is -2.96. The third kappa shape index (κ3) is 1.53. The lowest BCUT2D eigenvalue weighted by Gasteiger charge is -2.03. The second-order valence-electron chi connectivity index (χ2n) is 4.31. The molecular weight excluding hydrogens is 260 g/mol. The lowest BCUT2D eigenvalue weighted by atomic mass is 10.0. The molecule has 0 radical (unpaired) electrons. The van der Waals surface area contributed by atoms with Crippen LogP contribution in [-0.4, -0.2) is 22.1 Å². The van der Waals surface area contributed by atoms with Crippen molar-refractivity contribution in [2.24, 2.45) is 0 Å². The number of ether oxygens (including phenoxy) is 2. The van der Waals surface area contributed by atoms with E-state index in [0.717, 1.165) is 11.3 Å². The highest BCUT2D eigenvalue weighted by Gasteiger charge is 2.21. The third-order valence-electron chi connectivity index (χ3n) is 3.14. The number of aromatic nitrogens is 3. The van der Waals surface area contributed by atoms with Gasteiger partial charge in [-0.25, -0.2) is 0 Å². The Kier molecular flexibility index (Phi) is 2.19. The van der Waals surface area contributed by atoms with Gasteiger partial charge in [0.2, 0.25) is 12.7 Å². The van der Waals surface area contributed by atoms with E-state index in [-0.39, 0.29) is 12.7 Å². The van der Waals surface area contributed by atoms with Crippen LogP contribution in [0.1, 0.15) is 0 Å². The van der Waals surface area contributed by atoms with Gasteiger partial charge in [-0.2, -0.15) is 5.10 Å². The molecule has 0 amide bonds. The van der Waals surface area contributed by atoms with Crippen LogP contribution >= 0.6 is 0 Å². The van der Waals surface area contributed by atoms with Gasteiger partial charge in [0.05, 0.1) is 11.3 Å². The minimum Gasteiger partial charge on any atom is -0.454 e. The molecule has 1 aliphatic rings. The molecule has 7 nitrogen and oxygen atoms in total. The first-order chi connectivity index (χ1) is 9.83. The van der Waals surface area contributed by atoms with Crippen LogP contribution in [0, 0.1) is 0 Å². The van der Waals surface area contributed by atoms with Crippen molar-refractivity contribution >= 4 is 5.88 Å². The van der Waals surface area contributed by atoms with Gasteiger partial charge >= 0.3 is 0 Å². The summed E-state index contributed by atoms with van der Waals surface area (Å²) in [6.07, 6.45) is 1.64. The van der Waals surface area contributed by atoms with Crippen molar-refractivity contribution in [1.29, 1.82) is 0 Å². The molecule has 2 aromatic heterocycles. The summed E-state index contributed by atoms with van der Waals surface area (Å²) < 4.78 is 15.8. The first kappa shape index (κ1) is 10.9. The van der Waals surface area contributed by atoms with Gasteiger partial charge < -0.3 is 19.7 Å². The third-order valence-corrected chi connectivity index (χ3v) is 3.14. The van der Waals surface area contributed by atoms with E-state index in [1.54, 1.807) is 12.3 Å². The smallest absolute Gasteiger partial charge is 0.231 e. The highest BCUT2D eigenvalue weighted by molar-refractivity contribution is 5.86. The molecule has 4 rings (SSSR count). The quantitative estimate of drug-likeness (QED) is 0.739. The summed E-state index contributed by atoms with van der Waals surface area (Å²) in [6, 6.07) is 7.37. The maximum Gasteiger partial charge on any atom is 0.231 e. The van der Waals surface area contributed by atoms with E-state index in [9.17, 15) is 0 Å². The van der Waals surface area contributed by atoms with Crippen LogP contribution in [0.3, 0.4) is 0 Å². The summed E-state index contributed by atoms with van der Waals surface area (Å²) in [5.74, 6) is 1.64. The molecule has 3 heterocycles. The summed E-state index contributed by atoms with van der Waals surface area (Å²) >= 11 is 0. The molecule has 0 spiro atoms. The first-order valence-electron chi connectivity index (χ1n) is 5.98. The van der Waals surface area contributed by atoms with Gasteiger partial charge in [0.25, 0.3) is 0 Å². The van der Waals surface area contributed by atoms with Gasteiger partial charge in [-0.1, -0.05) is 11.2 Å². The highest BCUT2D eigenvalue weighted by atomic mass is 16.7. The molecule has 0 bridgehead atoms. The summed E-state index contributed by atoms with van der Waals surface area (Å²) in [7, 11) is 0. The Morgan fingerprint density at radius 2 is 2.05 bits per heavy atom. The van der Waals surface area contributed by atoms with Crippen molar-refractivity contribution in [2.45, 2.75) is 0 Å². The van der Waals surface area contributed by atoms with E-state index in [4.69, 9.17) is 19.7 Å². The summed E-state index contributed by atoms with van der Waals surface area (Å²) in [5.41, 5.74) is 8.78. The molecule has 0 saturated heterocycles. The zero-order chi connectivity index (χ0) is 13.5. The van der Waals surface area contributed by atoms with Gasteiger partial charge in [0, 0.05) is 6.20 Å². The Morgan fingerprint density at radius 1 is 1.15 bits per heavy atom. The fraction of sp³-hybridized carbons (Fsp3) is 0.0769. The van der Waals surface area contributed by atoms with Crippen LogP contribution in [0.4, 0.5) is 5.88 Å². The molecule has 100 valence electrons. The number of aromatic amines is 1. The number of nitrogens with zero attached hydrogens (tertiary/aromatic N) is 2. The highest BCUT2D eigenvalue weighted by Crippen LogP contribution is 2.40. The molecule has 7 heteroatoms. The molecule has 0 atom stereocenters. The Bertz CT molecular complexity index is 764. The van der Waals surface area contributed by atoms with E-state index in [1.807, 2.05) is 18.2 Å². The number of hydrogen-bond acceptors (Lipinski definition) is 6. The predicted molar refractivity (Wildman–Crippen MR) is 70.1 cm³/mol. The van der Waals surface area contributed by atoms with Crippen LogP contribution in [-0.2, 0) is 0 Å². The molecule has 20 heavy (non-hydrogen) atoms. The van der Waals surface area contributed by atoms with Crippen molar-refractivity contribution in [3.8, 4) is 34.0 Å². The summed E-state index contributed by atoms with van der Waals surface area (Å²) in [4.78, 5) is 0. The van der Waals surface area contributed by atoms with Gasteiger partial charge in [-0.05, 0) is 23.8 Å². The van der Waals surface area contributed by atoms with E-state index >= 15 is 0 Å². The molecule has 0 unspecified atom stereocenters. The van der Waals surface area contributed by atoms with Crippen molar-refractivity contribution in [2.75, 3.05) is 12.5 Å². The Labute approximate surface area is 113 Å². The normalized spacial score (nSPS) is 12.8. The molecule has 1 aromatic carbocycles. The van der Waals surface area contributed by atoms with Gasteiger partial charge in [-0.15, -0.1) is 0 Å². The number of benzene rings is 1. The zero-order valence-corrected chi connectivity index (χ0v) is 10.3. The first-order valence-corrected chi connectivity index (χ1v) is 5.98. The van der Waals surface area contributed by atoms with Crippen LogP contribution in [0.2, 0.25) is 0 Å². The van der Waals surface area contributed by atoms with Crippen molar-refractivity contribution in [1.82, 2.24) is 15.4 Å². The van der Waals surface area contributed by atoms with E-state index in [2.05, 4.69) is 15.4 Å². The topological polar surface area (TPSA) is 99.2 Å². The molecule has 1 aliphatic heterocycles. The number of rotatable bonds is 2. The lowest BCUT2D eigenvalue weighted by Crippen LogP contribution is -1.92. The monoisotopic (exact) mass is 270 g/mol. The van der Waals surface area contributed by atoms with Gasteiger partial charge in [0.15, 0.2) is 11.5 Å². The number of hydrogen-bond donors (Lipinski definition) is 2. The lowest BCUT2D eigenvalue weighted by molar-refractivity contribution is 0.174. The Balaban J connectivity index is 1.88. The number of nitrogen functional groups attached to an aromatic ring is 1. The van der Waals surface area contributed by atoms with Gasteiger partial charge in [-0.3, -0.25) is 5.10 Å². The average molecular weight is 270 g/mol. The minimum absolute atomic E-state index is 0.227. The number of anilines is 1. The molecular formula is C13H10N4O3. The number of fused-ring (bicyclic) bond motifs is 1. The zero-order valence-electron chi connectivity index (χ0n) is 10.3. The second kappa shape index (κ2) is 4.02. The molecule has 0 aliphatic carbocycles. The largest absolute Gasteiger partial charge is 0.454 e. The molecule has 0 saturated carbocycles. The SMILES string of the molecule is Nc1onc(-c2ccn[nH]2)c1-c1ccc2c(c1)OCO2. The Morgan fingerprint density at radius 3 is 2.90 bits per heavy atom. The number of nitrogens with two attached hydrogens (primary N) is 1. The second-order valence-corrected chi connectivity index (χ2v) is 4.31. The van der Waals surface area contributed by atoms with E-state index in [1.165, 1.54) is 0 Å². The summed E-state index contributed by atoms with van der Waals surface area (Å²) in [5, 5.41) is 10.7. The van der Waals surface area contributed by atoms with Crippen molar-refractivity contribution < 1.29 is 14.0 Å². The van der Waals surface area contributed by atoms with Crippen LogP contribution in [0.25, 0.3) is 22.5 Å². The number of nitrogens with one attached hydrogen (secondary N) is 1. The van der Waals surface area contributed by atoms with Crippen molar-refractivity contribution in [3.05, 3.63) is 30.5 Å². The fourth-order valence-electron chi connectivity index (χ4n) is 2.21. The van der Waals surface area contributed by atoms with E-state index < -0.39 is 0 Å². The van der Waals surface area contributed by atoms with Crippen LogP contribution in [0.15, 0.2) is 35.0 Å². The predicted octanol–water partition coefficient (Wildman–Crippen LogP) is 2.04. The van der Waals surface area contributed by atoms with Crippen molar-refractivity contribution in [3.63, 3.8) is 0 Å². The maximum absolute atomic E-state index is 5.89. The molecule has 0 fully saturated rings. The standard InChI is InChI=1S/C13H10N4O3/c14-13-11(12(17-20-13)8-3-4-15-16-8)7-1-2-9-10(5-7)19-6-18-9/h1-5H,6,14H2,(H,15,16). The van der Waals surface area contributed by atoms with Crippen LogP contribution in [0.5, 0.6) is 11.5 Å². The van der Waals surface area contributed by atoms with Crippen LogP contribution < -0.4 is 15.2 Å². The molecule has 3 N–H and O–H groups in total. The summed E-state index contributed by atoms with van der Waals surface area (Å²) in [6.45, 7) is 0.227. The fourth-order valence-corrected chi connectivity index (χ4v) is 2.21. The molecule has 3 aromatic rings. The average Bonchev–Trinajstić information content (AvgIpc) is 3.17. The number of H-pyrrole nitrogens is 1. The minimum atomic E-state index is 0.227. The van der Waals surface area contributed by atoms with E-state index in [0.29, 0.717) is 22.8 Å². The van der Waals surface area contributed by atoms with Gasteiger partial charge in [0.1, 0.15) is 5.69 Å². The maximum atomic E-state index is 5.89.